The van der Waals surface area contributed by atoms with Gasteiger partial charge in [-0.3, -0.25) is 24.0 Å². The second-order valence-electron chi connectivity index (χ2n) is 8.07. The molecule has 204 valence electrons. The summed E-state index contributed by atoms with van der Waals surface area (Å²) >= 11 is 0. The van der Waals surface area contributed by atoms with Gasteiger partial charge in [-0.05, 0) is 17.7 Å². The van der Waals surface area contributed by atoms with Gasteiger partial charge in [-0.25, -0.2) is 0 Å². The SMILES string of the molecule is CC(=O)OC[C@H]1O[C@@H](OC(C)=O)[C@H](NC(=O)Cc2ccc(C(F)(F)F)cc2)[C@@H](OC(C)=O)[C@@H]1OC(C)=O. The van der Waals surface area contributed by atoms with Crippen LogP contribution >= 0.6 is 0 Å². The average Bonchev–Trinajstić information content (AvgIpc) is 2.75. The lowest BCUT2D eigenvalue weighted by atomic mass is 9.95. The molecule has 1 aliphatic rings. The quantitative estimate of drug-likeness (QED) is 0.385. The van der Waals surface area contributed by atoms with Crippen LogP contribution < -0.4 is 5.32 Å². The summed E-state index contributed by atoms with van der Waals surface area (Å²) in [6.45, 7) is 3.79. The Kier molecular flexibility index (Phi) is 10.00. The second-order valence-corrected chi connectivity index (χ2v) is 8.07. The van der Waals surface area contributed by atoms with Crippen molar-refractivity contribution in [3.05, 3.63) is 35.4 Å². The smallest absolute Gasteiger partial charge is 0.416 e. The van der Waals surface area contributed by atoms with Crippen LogP contribution in [0, 0.1) is 0 Å². The molecule has 11 nitrogen and oxygen atoms in total. The van der Waals surface area contributed by atoms with Crippen LogP contribution in [0.3, 0.4) is 0 Å². The lowest BCUT2D eigenvalue weighted by Crippen LogP contribution is -2.67. The van der Waals surface area contributed by atoms with E-state index in [0.29, 0.717) is 0 Å². The van der Waals surface area contributed by atoms with Crippen LogP contribution in [0.15, 0.2) is 24.3 Å². The monoisotopic (exact) mass is 533 g/mol. The Labute approximate surface area is 209 Å². The molecule has 1 aliphatic heterocycles. The van der Waals surface area contributed by atoms with Gasteiger partial charge in [0.25, 0.3) is 0 Å². The summed E-state index contributed by atoms with van der Waals surface area (Å²) in [5, 5.41) is 2.47. The van der Waals surface area contributed by atoms with Gasteiger partial charge in [0.05, 0.1) is 12.0 Å². The minimum absolute atomic E-state index is 0.222. The number of benzene rings is 1. The maximum absolute atomic E-state index is 12.8. The maximum atomic E-state index is 12.8. The molecule has 1 heterocycles. The largest absolute Gasteiger partial charge is 0.463 e. The van der Waals surface area contributed by atoms with E-state index < -0.39 is 85.2 Å². The number of carbonyl (C=O) groups is 5. The summed E-state index contributed by atoms with van der Waals surface area (Å²) in [5.74, 6) is -3.98. The molecular formula is C23H26F3NO10. The van der Waals surface area contributed by atoms with Crippen molar-refractivity contribution in [3.8, 4) is 0 Å². The van der Waals surface area contributed by atoms with Crippen LogP contribution in [0.1, 0.15) is 38.8 Å². The Morgan fingerprint density at radius 3 is 1.86 bits per heavy atom. The zero-order chi connectivity index (χ0) is 27.9. The predicted molar refractivity (Wildman–Crippen MR) is 115 cm³/mol. The second kappa shape index (κ2) is 12.5. The van der Waals surface area contributed by atoms with Crippen LogP contribution in [0.25, 0.3) is 0 Å². The molecule has 0 spiro atoms. The van der Waals surface area contributed by atoms with Crippen molar-refractivity contribution < 1.29 is 60.8 Å². The first-order chi connectivity index (χ1) is 17.2. The molecule has 5 atom stereocenters. The third-order valence-corrected chi connectivity index (χ3v) is 4.96. The number of amides is 1. The van der Waals surface area contributed by atoms with E-state index >= 15 is 0 Å². The summed E-state index contributed by atoms with van der Waals surface area (Å²) in [6.07, 6.45) is -10.7. The summed E-state index contributed by atoms with van der Waals surface area (Å²) in [6, 6.07) is 2.44. The van der Waals surface area contributed by atoms with Crippen molar-refractivity contribution >= 4 is 29.8 Å². The zero-order valence-electron chi connectivity index (χ0n) is 20.3. The molecule has 1 N–H and O–H groups in total. The number of hydrogen-bond acceptors (Lipinski definition) is 10. The molecule has 0 aliphatic carbocycles. The van der Waals surface area contributed by atoms with Crippen molar-refractivity contribution in [2.24, 2.45) is 0 Å². The maximum Gasteiger partial charge on any atom is 0.416 e. The fourth-order valence-corrected chi connectivity index (χ4v) is 3.55. The summed E-state index contributed by atoms with van der Waals surface area (Å²) in [4.78, 5) is 59.5. The van der Waals surface area contributed by atoms with Crippen LogP contribution in [-0.2, 0) is 60.3 Å². The lowest BCUT2D eigenvalue weighted by Gasteiger charge is -2.44. The third kappa shape index (κ3) is 9.04. The molecule has 1 fully saturated rings. The van der Waals surface area contributed by atoms with E-state index in [-0.39, 0.29) is 5.56 Å². The number of ether oxygens (including phenoxy) is 5. The van der Waals surface area contributed by atoms with Crippen LogP contribution in [0.2, 0.25) is 0 Å². The van der Waals surface area contributed by atoms with Crippen LogP contribution in [-0.4, -0.2) is 67.0 Å². The Bertz CT molecular complexity index is 1010. The number of alkyl halides is 3. The van der Waals surface area contributed by atoms with Gasteiger partial charge in [0.2, 0.25) is 12.2 Å². The summed E-state index contributed by atoms with van der Waals surface area (Å²) < 4.78 is 64.7. The molecule has 1 aromatic rings. The van der Waals surface area contributed by atoms with Gasteiger partial charge < -0.3 is 29.0 Å². The van der Waals surface area contributed by atoms with E-state index in [0.717, 1.165) is 52.0 Å². The molecule has 0 radical (unpaired) electrons. The zero-order valence-corrected chi connectivity index (χ0v) is 20.3. The van der Waals surface area contributed by atoms with E-state index in [9.17, 15) is 37.1 Å². The first kappa shape index (κ1) is 29.5. The summed E-state index contributed by atoms with van der Waals surface area (Å²) in [5.41, 5.74) is -0.676. The normalized spacial score (nSPS) is 23.4. The topological polar surface area (TPSA) is 144 Å². The Morgan fingerprint density at radius 2 is 1.38 bits per heavy atom. The van der Waals surface area contributed by atoms with Gasteiger partial charge >= 0.3 is 30.1 Å². The van der Waals surface area contributed by atoms with Gasteiger partial charge in [-0.2, -0.15) is 13.2 Å². The first-order valence-electron chi connectivity index (χ1n) is 10.9. The van der Waals surface area contributed by atoms with Crippen molar-refractivity contribution in [1.29, 1.82) is 0 Å². The van der Waals surface area contributed by atoms with E-state index in [2.05, 4.69) is 5.32 Å². The number of halogens is 3. The Morgan fingerprint density at radius 1 is 0.838 bits per heavy atom. The van der Waals surface area contributed by atoms with Crippen molar-refractivity contribution in [3.63, 3.8) is 0 Å². The lowest BCUT2D eigenvalue weighted by molar-refractivity contribution is -0.271. The molecule has 1 amide bonds. The Hall–Kier alpha value is -3.68. The highest BCUT2D eigenvalue weighted by atomic mass is 19.4. The van der Waals surface area contributed by atoms with Crippen molar-refractivity contribution in [1.82, 2.24) is 5.32 Å². The van der Waals surface area contributed by atoms with E-state index in [1.165, 1.54) is 0 Å². The minimum Gasteiger partial charge on any atom is -0.463 e. The first-order valence-corrected chi connectivity index (χ1v) is 10.9. The van der Waals surface area contributed by atoms with Gasteiger partial charge in [0, 0.05) is 27.7 Å². The number of hydrogen-bond donors (Lipinski definition) is 1. The van der Waals surface area contributed by atoms with Gasteiger partial charge in [-0.1, -0.05) is 12.1 Å². The van der Waals surface area contributed by atoms with E-state index in [4.69, 9.17) is 23.7 Å². The molecule has 0 aromatic heterocycles. The molecular weight excluding hydrogens is 507 g/mol. The molecule has 0 unspecified atom stereocenters. The molecule has 2 rings (SSSR count). The predicted octanol–water partition coefficient (Wildman–Crippen LogP) is 1.45. The van der Waals surface area contributed by atoms with E-state index in [1.54, 1.807) is 0 Å². The fourth-order valence-electron chi connectivity index (χ4n) is 3.55. The number of carbonyl (C=O) groups excluding carboxylic acids is 5. The molecule has 0 saturated carbocycles. The average molecular weight is 533 g/mol. The van der Waals surface area contributed by atoms with Gasteiger partial charge in [0.1, 0.15) is 18.8 Å². The third-order valence-electron chi connectivity index (χ3n) is 4.96. The van der Waals surface area contributed by atoms with Gasteiger partial charge in [-0.15, -0.1) is 0 Å². The van der Waals surface area contributed by atoms with Crippen LogP contribution in [0.4, 0.5) is 13.2 Å². The van der Waals surface area contributed by atoms with Crippen molar-refractivity contribution in [2.75, 3.05) is 6.61 Å². The molecule has 37 heavy (non-hydrogen) atoms. The highest BCUT2D eigenvalue weighted by Gasteiger charge is 2.52. The van der Waals surface area contributed by atoms with Crippen molar-refractivity contribution in [2.45, 2.75) is 70.9 Å². The van der Waals surface area contributed by atoms with Gasteiger partial charge in [0.15, 0.2) is 12.2 Å². The highest BCUT2D eigenvalue weighted by Crippen LogP contribution is 2.30. The van der Waals surface area contributed by atoms with Crippen LogP contribution in [0.5, 0.6) is 0 Å². The Balaban J connectivity index is 2.35. The molecule has 1 aromatic carbocycles. The molecule has 1 saturated heterocycles. The highest BCUT2D eigenvalue weighted by molar-refractivity contribution is 5.79. The molecule has 14 heteroatoms. The number of esters is 4. The number of rotatable bonds is 8. The molecule has 0 bridgehead atoms. The fraction of sp³-hybridized carbons (Fsp3) is 0.522. The minimum atomic E-state index is -4.55. The number of nitrogens with one attached hydrogen (secondary N) is 1. The van der Waals surface area contributed by atoms with E-state index in [1.807, 2.05) is 0 Å². The summed E-state index contributed by atoms with van der Waals surface area (Å²) in [7, 11) is 0. The standard InChI is InChI=1S/C23H26F3NO10/c1-11(28)33-10-17-20(34-12(2)29)21(35-13(3)30)19(22(37-17)36-14(4)31)27-18(32)9-15-5-7-16(8-6-15)23(24,25)26/h5-8,17,19-22H,9-10H2,1-4H3,(H,27,32)/t17-,19-,20-,21-,22-/m1/s1.